The summed E-state index contributed by atoms with van der Waals surface area (Å²) < 4.78 is 0. The lowest BCUT2D eigenvalue weighted by atomic mass is 9.76. The Labute approximate surface area is 121 Å². The third-order valence-corrected chi connectivity index (χ3v) is 4.27. The molecular formula is C17H24ClN. The molecule has 0 aliphatic heterocycles. The molecule has 104 valence electrons. The molecule has 1 aliphatic carbocycles. The Morgan fingerprint density at radius 2 is 1.63 bits per heavy atom. The molecule has 0 atom stereocenters. The first-order valence-corrected chi connectivity index (χ1v) is 7.53. The Hall–Kier alpha value is -0.950. The van der Waals surface area contributed by atoms with Gasteiger partial charge in [-0.3, -0.25) is 0 Å². The van der Waals surface area contributed by atoms with Gasteiger partial charge in [-0.05, 0) is 47.4 Å². The summed E-state index contributed by atoms with van der Waals surface area (Å²) in [5.41, 5.74) is 10.1. The smallest absolute Gasteiger partial charge is 0.0406 e. The first kappa shape index (κ1) is 14.5. The van der Waals surface area contributed by atoms with Gasteiger partial charge in [0.2, 0.25) is 0 Å². The average molecular weight is 278 g/mol. The Morgan fingerprint density at radius 3 is 2.11 bits per heavy atom. The molecule has 1 nitrogen and oxygen atoms in total. The van der Waals surface area contributed by atoms with E-state index in [2.05, 4.69) is 20.8 Å². The molecule has 0 spiro atoms. The van der Waals surface area contributed by atoms with Gasteiger partial charge in [0, 0.05) is 10.7 Å². The van der Waals surface area contributed by atoms with Crippen LogP contribution in [0.1, 0.15) is 52.0 Å². The molecule has 1 aromatic rings. The quantitative estimate of drug-likeness (QED) is 0.785. The summed E-state index contributed by atoms with van der Waals surface area (Å²) in [4.78, 5) is 0. The molecule has 19 heavy (non-hydrogen) atoms. The van der Waals surface area contributed by atoms with Gasteiger partial charge in [-0.1, -0.05) is 57.3 Å². The summed E-state index contributed by atoms with van der Waals surface area (Å²) in [5, 5.41) is 0.759. The molecule has 1 aliphatic rings. The third kappa shape index (κ3) is 3.33. The molecule has 0 aromatic heterocycles. The predicted molar refractivity (Wildman–Crippen MR) is 84.0 cm³/mol. The van der Waals surface area contributed by atoms with E-state index in [0.717, 1.165) is 16.3 Å². The zero-order valence-corrected chi connectivity index (χ0v) is 12.9. The first-order chi connectivity index (χ1) is 8.89. The van der Waals surface area contributed by atoms with E-state index in [9.17, 15) is 0 Å². The van der Waals surface area contributed by atoms with Crippen molar-refractivity contribution in [1.82, 2.24) is 0 Å². The Kier molecular flexibility index (Phi) is 4.25. The van der Waals surface area contributed by atoms with Gasteiger partial charge in [-0.2, -0.15) is 0 Å². The largest absolute Gasteiger partial charge is 0.398 e. The zero-order valence-electron chi connectivity index (χ0n) is 12.2. The second-order valence-electron chi connectivity index (χ2n) is 6.57. The van der Waals surface area contributed by atoms with Gasteiger partial charge in [0.25, 0.3) is 0 Å². The number of hydrogen-bond donors (Lipinski definition) is 1. The van der Waals surface area contributed by atoms with Gasteiger partial charge >= 0.3 is 0 Å². The summed E-state index contributed by atoms with van der Waals surface area (Å²) in [6.45, 7) is 6.80. The molecule has 1 fully saturated rings. The number of rotatable bonds is 2. The molecule has 0 heterocycles. The number of hydrogen-bond acceptors (Lipinski definition) is 1. The van der Waals surface area contributed by atoms with Crippen molar-refractivity contribution in [2.24, 2.45) is 17.1 Å². The second-order valence-corrected chi connectivity index (χ2v) is 7.00. The lowest BCUT2D eigenvalue weighted by Gasteiger charge is -2.30. The minimum Gasteiger partial charge on any atom is -0.398 e. The Balaban J connectivity index is 2.44. The topological polar surface area (TPSA) is 26.0 Å². The fraction of sp³-hybridized carbons (Fsp3) is 0.529. The number of benzene rings is 1. The molecule has 0 unspecified atom stereocenters. The van der Waals surface area contributed by atoms with Crippen molar-refractivity contribution in [1.29, 1.82) is 0 Å². The summed E-state index contributed by atoms with van der Waals surface area (Å²) >= 11 is 5.96. The van der Waals surface area contributed by atoms with Crippen LogP contribution in [0, 0.1) is 11.3 Å². The van der Waals surface area contributed by atoms with Crippen LogP contribution in [-0.2, 0) is 0 Å². The molecular weight excluding hydrogens is 254 g/mol. The maximum atomic E-state index is 6.49. The predicted octanol–water partition coefficient (Wildman–Crippen LogP) is 5.25. The zero-order chi connectivity index (χ0) is 14.0. The normalized spacial score (nSPS) is 18.5. The highest BCUT2D eigenvalue weighted by Gasteiger charge is 2.30. The van der Waals surface area contributed by atoms with E-state index >= 15 is 0 Å². The summed E-state index contributed by atoms with van der Waals surface area (Å²) in [7, 11) is 0. The highest BCUT2D eigenvalue weighted by atomic mass is 35.5. The number of halogens is 1. The maximum Gasteiger partial charge on any atom is 0.0406 e. The van der Waals surface area contributed by atoms with Gasteiger partial charge in [0.15, 0.2) is 0 Å². The van der Waals surface area contributed by atoms with Crippen molar-refractivity contribution in [2.75, 3.05) is 0 Å². The van der Waals surface area contributed by atoms with Crippen molar-refractivity contribution < 1.29 is 0 Å². The lowest BCUT2D eigenvalue weighted by Crippen LogP contribution is -2.21. The van der Waals surface area contributed by atoms with Crippen molar-refractivity contribution in [3.8, 4) is 0 Å². The third-order valence-electron chi connectivity index (χ3n) is 4.02. The molecule has 2 rings (SSSR count). The number of nitrogens with two attached hydrogens (primary N) is 1. The molecule has 2 N–H and O–H groups in total. The van der Waals surface area contributed by atoms with Crippen LogP contribution in [0.2, 0.25) is 5.02 Å². The summed E-state index contributed by atoms with van der Waals surface area (Å²) in [6.07, 6.45) is 5.22. The van der Waals surface area contributed by atoms with Crippen molar-refractivity contribution in [3.63, 3.8) is 0 Å². The molecule has 0 bridgehead atoms. The molecule has 1 aromatic carbocycles. The van der Waals surface area contributed by atoms with Crippen LogP contribution >= 0.6 is 11.6 Å². The summed E-state index contributed by atoms with van der Waals surface area (Å²) in [5.74, 6) is 0.649. The SMILES string of the molecule is CC(C)(C)/C(=C(/N)c1ccc(Cl)cc1)C1CCCC1. The highest BCUT2D eigenvalue weighted by Crippen LogP contribution is 2.43. The van der Waals surface area contributed by atoms with E-state index in [4.69, 9.17) is 17.3 Å². The van der Waals surface area contributed by atoms with Crippen LogP contribution < -0.4 is 5.73 Å². The van der Waals surface area contributed by atoms with E-state index in [-0.39, 0.29) is 5.41 Å². The lowest BCUT2D eigenvalue weighted by molar-refractivity contribution is 0.426. The van der Waals surface area contributed by atoms with Crippen molar-refractivity contribution in [2.45, 2.75) is 46.5 Å². The van der Waals surface area contributed by atoms with Crippen LogP contribution in [0.3, 0.4) is 0 Å². The van der Waals surface area contributed by atoms with Gasteiger partial charge in [0.05, 0.1) is 0 Å². The van der Waals surface area contributed by atoms with Crippen molar-refractivity contribution >= 4 is 17.3 Å². The van der Waals surface area contributed by atoms with E-state index in [1.54, 1.807) is 0 Å². The first-order valence-electron chi connectivity index (χ1n) is 7.15. The van der Waals surface area contributed by atoms with Gasteiger partial charge in [-0.15, -0.1) is 0 Å². The standard InChI is InChI=1S/C17H24ClN/c1-17(2,3)15(12-6-4-5-7-12)16(19)13-8-10-14(18)11-9-13/h8-12H,4-7,19H2,1-3H3/b16-15+. The van der Waals surface area contributed by atoms with Crippen LogP contribution in [0.15, 0.2) is 29.8 Å². The van der Waals surface area contributed by atoms with Crippen LogP contribution in [-0.4, -0.2) is 0 Å². The number of allylic oxidation sites excluding steroid dienone is 1. The fourth-order valence-electron chi connectivity index (χ4n) is 3.24. The fourth-order valence-corrected chi connectivity index (χ4v) is 3.36. The van der Waals surface area contributed by atoms with E-state index in [1.807, 2.05) is 24.3 Å². The Morgan fingerprint density at radius 1 is 1.11 bits per heavy atom. The van der Waals surface area contributed by atoms with E-state index in [0.29, 0.717) is 5.92 Å². The minimum absolute atomic E-state index is 0.124. The highest BCUT2D eigenvalue weighted by molar-refractivity contribution is 6.30. The summed E-state index contributed by atoms with van der Waals surface area (Å²) in [6, 6.07) is 7.88. The monoisotopic (exact) mass is 277 g/mol. The van der Waals surface area contributed by atoms with Crippen LogP contribution in [0.4, 0.5) is 0 Å². The molecule has 0 radical (unpaired) electrons. The van der Waals surface area contributed by atoms with Crippen molar-refractivity contribution in [3.05, 3.63) is 40.4 Å². The molecule has 0 amide bonds. The molecule has 1 saturated carbocycles. The van der Waals surface area contributed by atoms with E-state index < -0.39 is 0 Å². The average Bonchev–Trinajstić information content (AvgIpc) is 2.81. The second kappa shape index (κ2) is 5.58. The van der Waals surface area contributed by atoms with E-state index in [1.165, 1.54) is 31.3 Å². The van der Waals surface area contributed by atoms with Gasteiger partial charge < -0.3 is 5.73 Å². The Bertz CT molecular complexity index is 459. The molecule has 0 saturated heterocycles. The van der Waals surface area contributed by atoms with Gasteiger partial charge in [0.1, 0.15) is 0 Å². The van der Waals surface area contributed by atoms with Crippen LogP contribution in [0.5, 0.6) is 0 Å². The van der Waals surface area contributed by atoms with Gasteiger partial charge in [-0.25, -0.2) is 0 Å². The minimum atomic E-state index is 0.124. The molecule has 2 heteroatoms. The van der Waals surface area contributed by atoms with Crippen LogP contribution in [0.25, 0.3) is 5.70 Å². The maximum absolute atomic E-state index is 6.49.